The molecule has 2 nitrogen and oxygen atoms in total. The van der Waals surface area contributed by atoms with E-state index < -0.39 is 0 Å². The summed E-state index contributed by atoms with van der Waals surface area (Å²) in [5.74, 6) is 0.795. The van der Waals surface area contributed by atoms with Crippen LogP contribution in [0.2, 0.25) is 0 Å². The number of likely N-dealkylation sites (tertiary alicyclic amines) is 1. The Kier molecular flexibility index (Phi) is 5.22. The van der Waals surface area contributed by atoms with Crippen molar-refractivity contribution < 1.29 is 0 Å². The van der Waals surface area contributed by atoms with E-state index in [2.05, 4.69) is 43.1 Å². The molecule has 0 bridgehead atoms. The second-order valence-corrected chi connectivity index (χ2v) is 7.23. The fourth-order valence-corrected chi connectivity index (χ4v) is 3.50. The Labute approximate surface area is 115 Å². The first-order valence-electron chi connectivity index (χ1n) is 7.14. The van der Waals surface area contributed by atoms with E-state index in [4.69, 9.17) is 0 Å². The average Bonchev–Trinajstić information content (AvgIpc) is 2.74. The molecule has 1 aromatic rings. The topological polar surface area (TPSA) is 15.3 Å². The van der Waals surface area contributed by atoms with Crippen molar-refractivity contribution in [2.75, 3.05) is 19.6 Å². The molecule has 1 aliphatic heterocycles. The van der Waals surface area contributed by atoms with E-state index in [1.807, 2.05) is 11.3 Å². The van der Waals surface area contributed by atoms with Crippen LogP contribution in [0.5, 0.6) is 0 Å². The molecule has 102 valence electrons. The van der Waals surface area contributed by atoms with Crippen LogP contribution in [0.15, 0.2) is 12.1 Å². The summed E-state index contributed by atoms with van der Waals surface area (Å²) in [4.78, 5) is 5.49. The van der Waals surface area contributed by atoms with Crippen molar-refractivity contribution in [3.8, 4) is 0 Å². The Bertz CT molecular complexity index is 351. The van der Waals surface area contributed by atoms with Gasteiger partial charge in [-0.15, -0.1) is 11.3 Å². The number of thiophene rings is 1. The Hall–Kier alpha value is -0.380. The van der Waals surface area contributed by atoms with E-state index >= 15 is 0 Å². The van der Waals surface area contributed by atoms with E-state index in [1.54, 1.807) is 0 Å². The first-order valence-corrected chi connectivity index (χ1v) is 7.96. The molecule has 1 aliphatic rings. The highest BCUT2D eigenvalue weighted by atomic mass is 32.1. The largest absolute Gasteiger partial charge is 0.309 e. The molecule has 1 aromatic heterocycles. The zero-order chi connectivity index (χ0) is 13.0. The third kappa shape index (κ3) is 4.38. The third-order valence-corrected chi connectivity index (χ3v) is 4.57. The molecule has 1 N–H and O–H groups in total. The second kappa shape index (κ2) is 6.69. The Morgan fingerprint density at radius 3 is 2.61 bits per heavy atom. The lowest BCUT2D eigenvalue weighted by atomic mass is 10.0. The number of nitrogens with zero attached hydrogens (tertiary/aromatic N) is 1. The van der Waals surface area contributed by atoms with Crippen LogP contribution in [0.1, 0.15) is 36.4 Å². The summed E-state index contributed by atoms with van der Waals surface area (Å²) in [5.41, 5.74) is 0. The second-order valence-electron chi connectivity index (χ2n) is 5.86. The Morgan fingerprint density at radius 2 is 2.06 bits per heavy atom. The van der Waals surface area contributed by atoms with Crippen LogP contribution in [-0.4, -0.2) is 30.6 Å². The van der Waals surface area contributed by atoms with Crippen LogP contribution in [0.25, 0.3) is 0 Å². The van der Waals surface area contributed by atoms with Gasteiger partial charge in [-0.2, -0.15) is 0 Å². The van der Waals surface area contributed by atoms with E-state index in [0.717, 1.165) is 18.5 Å². The van der Waals surface area contributed by atoms with Gasteiger partial charge in [-0.1, -0.05) is 13.8 Å². The number of rotatable bonds is 5. The predicted octanol–water partition coefficient (Wildman–Crippen LogP) is 3.27. The van der Waals surface area contributed by atoms with Gasteiger partial charge < -0.3 is 10.2 Å². The summed E-state index contributed by atoms with van der Waals surface area (Å²) in [6.07, 6.45) is 2.61. The molecule has 0 saturated carbocycles. The monoisotopic (exact) mass is 266 g/mol. The van der Waals surface area contributed by atoms with Crippen molar-refractivity contribution >= 4 is 11.3 Å². The van der Waals surface area contributed by atoms with Gasteiger partial charge in [-0.3, -0.25) is 0 Å². The fraction of sp³-hybridized carbons (Fsp3) is 0.733. The van der Waals surface area contributed by atoms with Crippen LogP contribution < -0.4 is 5.32 Å². The molecule has 0 aromatic carbocycles. The summed E-state index contributed by atoms with van der Waals surface area (Å²) in [6.45, 7) is 11.6. The zero-order valence-electron chi connectivity index (χ0n) is 11.9. The summed E-state index contributed by atoms with van der Waals surface area (Å²) >= 11 is 1.91. The lowest BCUT2D eigenvalue weighted by Crippen LogP contribution is -2.43. The number of aryl methyl sites for hydroxylation is 1. The first-order chi connectivity index (χ1) is 8.63. The van der Waals surface area contributed by atoms with Crippen LogP contribution in [0.3, 0.4) is 0 Å². The summed E-state index contributed by atoms with van der Waals surface area (Å²) in [5, 5.41) is 3.71. The first kappa shape index (κ1) is 14.0. The van der Waals surface area contributed by atoms with Crippen molar-refractivity contribution in [1.29, 1.82) is 0 Å². The van der Waals surface area contributed by atoms with Gasteiger partial charge in [0.05, 0.1) is 0 Å². The van der Waals surface area contributed by atoms with E-state index in [9.17, 15) is 0 Å². The van der Waals surface area contributed by atoms with Gasteiger partial charge in [0, 0.05) is 28.9 Å². The zero-order valence-corrected chi connectivity index (χ0v) is 12.7. The molecular weight excluding hydrogens is 240 g/mol. The van der Waals surface area contributed by atoms with Crippen molar-refractivity contribution in [1.82, 2.24) is 10.2 Å². The molecule has 0 unspecified atom stereocenters. The smallest absolute Gasteiger partial charge is 0.0302 e. The molecule has 0 spiro atoms. The predicted molar refractivity (Wildman–Crippen MR) is 80.2 cm³/mol. The number of nitrogens with one attached hydrogen (secondary N) is 1. The van der Waals surface area contributed by atoms with Crippen molar-refractivity contribution in [2.24, 2.45) is 5.92 Å². The van der Waals surface area contributed by atoms with Gasteiger partial charge in [-0.25, -0.2) is 0 Å². The quantitative estimate of drug-likeness (QED) is 0.880. The minimum Gasteiger partial charge on any atom is -0.309 e. The van der Waals surface area contributed by atoms with Gasteiger partial charge in [0.2, 0.25) is 0 Å². The minimum atomic E-state index is 0.718. The van der Waals surface area contributed by atoms with Gasteiger partial charge in [0.25, 0.3) is 0 Å². The normalized spacial score (nSPS) is 18.7. The van der Waals surface area contributed by atoms with E-state index in [1.165, 1.54) is 42.2 Å². The highest BCUT2D eigenvalue weighted by Gasteiger charge is 2.19. The standard InChI is InChI=1S/C15H26N2S/c1-12(2)11-17-8-6-14(7-9-17)16-10-15-5-4-13(3)18-15/h4-5,12,14,16H,6-11H2,1-3H3. The van der Waals surface area contributed by atoms with Gasteiger partial charge in [0.1, 0.15) is 0 Å². The van der Waals surface area contributed by atoms with E-state index in [0.29, 0.717) is 0 Å². The molecule has 2 heterocycles. The lowest BCUT2D eigenvalue weighted by molar-refractivity contribution is 0.179. The Balaban J connectivity index is 1.67. The molecule has 1 saturated heterocycles. The van der Waals surface area contributed by atoms with Crippen LogP contribution in [0.4, 0.5) is 0 Å². The summed E-state index contributed by atoms with van der Waals surface area (Å²) < 4.78 is 0. The molecule has 0 amide bonds. The summed E-state index contributed by atoms with van der Waals surface area (Å²) in [7, 11) is 0. The van der Waals surface area contributed by atoms with Crippen molar-refractivity contribution in [2.45, 2.75) is 46.2 Å². The molecule has 1 fully saturated rings. The molecule has 2 rings (SSSR count). The third-order valence-electron chi connectivity index (χ3n) is 3.57. The van der Waals surface area contributed by atoms with Crippen LogP contribution in [0, 0.1) is 12.8 Å². The average molecular weight is 266 g/mol. The van der Waals surface area contributed by atoms with E-state index in [-0.39, 0.29) is 0 Å². The van der Waals surface area contributed by atoms with Crippen molar-refractivity contribution in [3.63, 3.8) is 0 Å². The fourth-order valence-electron chi connectivity index (χ4n) is 2.66. The summed E-state index contributed by atoms with van der Waals surface area (Å²) in [6, 6.07) is 5.18. The van der Waals surface area contributed by atoms with Gasteiger partial charge in [-0.05, 0) is 50.9 Å². The highest BCUT2D eigenvalue weighted by Crippen LogP contribution is 2.17. The van der Waals surface area contributed by atoms with Crippen LogP contribution >= 0.6 is 11.3 Å². The maximum Gasteiger partial charge on any atom is 0.0302 e. The maximum atomic E-state index is 3.71. The van der Waals surface area contributed by atoms with Gasteiger partial charge in [0.15, 0.2) is 0 Å². The molecule has 0 atom stereocenters. The van der Waals surface area contributed by atoms with Gasteiger partial charge >= 0.3 is 0 Å². The number of hydrogen-bond donors (Lipinski definition) is 1. The SMILES string of the molecule is Cc1ccc(CNC2CCN(CC(C)C)CC2)s1. The number of piperidine rings is 1. The highest BCUT2D eigenvalue weighted by molar-refractivity contribution is 7.11. The molecule has 0 radical (unpaired) electrons. The van der Waals surface area contributed by atoms with Crippen LogP contribution in [-0.2, 0) is 6.54 Å². The molecular formula is C15H26N2S. The number of hydrogen-bond acceptors (Lipinski definition) is 3. The molecule has 3 heteroatoms. The Morgan fingerprint density at radius 1 is 1.33 bits per heavy atom. The molecule has 18 heavy (non-hydrogen) atoms. The maximum absolute atomic E-state index is 3.71. The van der Waals surface area contributed by atoms with Crippen molar-refractivity contribution in [3.05, 3.63) is 21.9 Å². The lowest BCUT2D eigenvalue weighted by Gasteiger charge is -2.33. The molecule has 0 aliphatic carbocycles. The minimum absolute atomic E-state index is 0.718.